The number of hydrogen-bond acceptors (Lipinski definition) is 6. The number of amides is 1. The Morgan fingerprint density at radius 1 is 1.20 bits per heavy atom. The molecule has 0 saturated carbocycles. The van der Waals surface area contributed by atoms with E-state index in [1.165, 1.54) is 25.6 Å². The molecule has 2 heterocycles. The Balaban J connectivity index is 1.83. The number of hydrogen-bond donors (Lipinski definition) is 0. The molecule has 0 aliphatic heterocycles. The van der Waals surface area contributed by atoms with Crippen LogP contribution in [0.1, 0.15) is 21.7 Å². The predicted octanol–water partition coefficient (Wildman–Crippen LogP) is 5.72. The Morgan fingerprint density at radius 2 is 2.03 bits per heavy atom. The van der Waals surface area contributed by atoms with Gasteiger partial charge in [0.05, 0.1) is 42.8 Å². The van der Waals surface area contributed by atoms with Gasteiger partial charge in [0.1, 0.15) is 5.76 Å². The fourth-order valence-corrected chi connectivity index (χ4v) is 4.66. The molecule has 0 unspecified atom stereocenters. The van der Waals surface area contributed by atoms with Crippen molar-refractivity contribution in [3.63, 3.8) is 0 Å². The second-order valence-corrected chi connectivity index (χ2v) is 8.02. The zero-order valence-corrected chi connectivity index (χ0v) is 18.2. The molecule has 0 radical (unpaired) electrons. The van der Waals surface area contributed by atoms with Crippen molar-refractivity contribution in [2.24, 2.45) is 0 Å². The van der Waals surface area contributed by atoms with Gasteiger partial charge in [-0.25, -0.2) is 4.98 Å². The van der Waals surface area contributed by atoms with Gasteiger partial charge in [0.2, 0.25) is 0 Å². The van der Waals surface area contributed by atoms with E-state index in [-0.39, 0.29) is 12.5 Å². The minimum atomic E-state index is -0.273. The van der Waals surface area contributed by atoms with Crippen LogP contribution in [0.2, 0.25) is 5.02 Å². The number of carbonyl (C=O) groups excluding carboxylic acids is 1. The number of anilines is 1. The molecular formula is C22H19ClN2O4S. The summed E-state index contributed by atoms with van der Waals surface area (Å²) in [4.78, 5) is 19.9. The van der Waals surface area contributed by atoms with Gasteiger partial charge in [0, 0.05) is 5.02 Å². The molecule has 0 bridgehead atoms. The number of carbonyl (C=O) groups is 1. The summed E-state index contributed by atoms with van der Waals surface area (Å²) in [6.07, 6.45) is 1.58. The van der Waals surface area contributed by atoms with Crippen molar-refractivity contribution in [3.8, 4) is 11.5 Å². The summed E-state index contributed by atoms with van der Waals surface area (Å²) in [5.41, 5.74) is 2.14. The summed E-state index contributed by atoms with van der Waals surface area (Å²) in [5, 5.41) is 1.18. The highest BCUT2D eigenvalue weighted by molar-refractivity contribution is 7.22. The van der Waals surface area contributed by atoms with Gasteiger partial charge in [-0.2, -0.15) is 0 Å². The number of benzene rings is 2. The normalized spacial score (nSPS) is 10.9. The molecule has 2 aromatic carbocycles. The van der Waals surface area contributed by atoms with Crippen LogP contribution in [-0.4, -0.2) is 25.1 Å². The average molecular weight is 443 g/mol. The van der Waals surface area contributed by atoms with Crippen LogP contribution in [-0.2, 0) is 6.54 Å². The van der Waals surface area contributed by atoms with E-state index < -0.39 is 0 Å². The zero-order chi connectivity index (χ0) is 21.3. The van der Waals surface area contributed by atoms with Crippen LogP contribution >= 0.6 is 22.9 Å². The molecular weight excluding hydrogens is 424 g/mol. The smallest absolute Gasteiger partial charge is 0.264 e. The van der Waals surface area contributed by atoms with Crippen LogP contribution < -0.4 is 14.4 Å². The molecule has 0 aliphatic carbocycles. The number of nitrogens with zero attached hydrogens (tertiary/aromatic N) is 2. The first-order chi connectivity index (χ1) is 14.5. The van der Waals surface area contributed by atoms with Crippen molar-refractivity contribution in [1.29, 1.82) is 0 Å². The van der Waals surface area contributed by atoms with E-state index in [1.807, 2.05) is 25.1 Å². The standard InChI is InChI=1S/C22H19ClN2O4S/c1-13-10-14(23)11-18-19(13)24-22(30-18)25(12-15-6-5-9-29-15)21(26)16-7-4-8-17(27-2)20(16)28-3/h4-11H,12H2,1-3H3. The molecule has 30 heavy (non-hydrogen) atoms. The van der Waals surface area contributed by atoms with Gasteiger partial charge < -0.3 is 13.9 Å². The lowest BCUT2D eigenvalue weighted by Gasteiger charge is -2.20. The van der Waals surface area contributed by atoms with Gasteiger partial charge in [-0.15, -0.1) is 0 Å². The molecule has 1 amide bonds. The topological polar surface area (TPSA) is 64.8 Å². The van der Waals surface area contributed by atoms with E-state index in [9.17, 15) is 4.79 Å². The maximum absolute atomic E-state index is 13.6. The summed E-state index contributed by atoms with van der Waals surface area (Å²) in [5.74, 6) is 1.21. The molecule has 4 aromatic rings. The van der Waals surface area contributed by atoms with E-state index in [0.29, 0.717) is 33.0 Å². The van der Waals surface area contributed by atoms with Crippen molar-refractivity contribution in [2.45, 2.75) is 13.5 Å². The molecule has 0 spiro atoms. The van der Waals surface area contributed by atoms with Gasteiger partial charge in [0.15, 0.2) is 16.6 Å². The van der Waals surface area contributed by atoms with E-state index >= 15 is 0 Å². The molecule has 0 saturated heterocycles. The fraction of sp³-hybridized carbons (Fsp3) is 0.182. The minimum absolute atomic E-state index is 0.221. The molecule has 154 valence electrons. The van der Waals surface area contributed by atoms with Crippen LogP contribution in [0, 0.1) is 6.92 Å². The van der Waals surface area contributed by atoms with E-state index in [4.69, 9.17) is 30.5 Å². The Kier molecular flexibility index (Phi) is 5.65. The highest BCUT2D eigenvalue weighted by Gasteiger charge is 2.27. The highest BCUT2D eigenvalue weighted by Crippen LogP contribution is 2.37. The highest BCUT2D eigenvalue weighted by atomic mass is 35.5. The quantitative estimate of drug-likeness (QED) is 0.382. The molecule has 0 fully saturated rings. The summed E-state index contributed by atoms with van der Waals surface area (Å²) >= 11 is 7.61. The molecule has 0 aliphatic rings. The Labute approximate surface area is 182 Å². The van der Waals surface area contributed by atoms with Crippen molar-refractivity contribution in [1.82, 2.24) is 4.98 Å². The first-order valence-corrected chi connectivity index (χ1v) is 10.3. The van der Waals surface area contributed by atoms with Crippen molar-refractivity contribution in [2.75, 3.05) is 19.1 Å². The van der Waals surface area contributed by atoms with Crippen molar-refractivity contribution < 1.29 is 18.7 Å². The first kappa shape index (κ1) is 20.3. The summed E-state index contributed by atoms with van der Waals surface area (Å²) in [7, 11) is 3.04. The van der Waals surface area contributed by atoms with Gasteiger partial charge in [0.25, 0.3) is 5.91 Å². The van der Waals surface area contributed by atoms with E-state index in [1.54, 1.807) is 35.4 Å². The molecule has 4 rings (SSSR count). The van der Waals surface area contributed by atoms with Gasteiger partial charge in [-0.05, 0) is 48.9 Å². The largest absolute Gasteiger partial charge is 0.493 e. The number of halogens is 1. The van der Waals surface area contributed by atoms with Crippen molar-refractivity contribution in [3.05, 3.63) is 70.6 Å². The number of aromatic nitrogens is 1. The SMILES string of the molecule is COc1cccc(C(=O)N(Cc2ccco2)c2nc3c(C)cc(Cl)cc3s2)c1OC. The maximum atomic E-state index is 13.6. The van der Waals surface area contributed by atoms with E-state index in [2.05, 4.69) is 0 Å². The first-order valence-electron chi connectivity index (χ1n) is 9.13. The molecule has 6 nitrogen and oxygen atoms in total. The number of ether oxygens (including phenoxy) is 2. The Hall–Kier alpha value is -3.03. The predicted molar refractivity (Wildman–Crippen MR) is 118 cm³/mol. The third kappa shape index (κ3) is 3.74. The maximum Gasteiger partial charge on any atom is 0.264 e. The second-order valence-electron chi connectivity index (χ2n) is 6.58. The van der Waals surface area contributed by atoms with Crippen LogP contribution in [0.25, 0.3) is 10.2 Å². The van der Waals surface area contributed by atoms with Gasteiger partial charge in [-0.3, -0.25) is 9.69 Å². The number of para-hydroxylation sites is 1. The van der Waals surface area contributed by atoms with E-state index in [0.717, 1.165) is 15.8 Å². The van der Waals surface area contributed by atoms with Crippen LogP contribution in [0.15, 0.2) is 53.1 Å². The summed E-state index contributed by atoms with van der Waals surface area (Å²) in [6, 6.07) is 12.5. The number of thiazole rings is 1. The number of fused-ring (bicyclic) bond motifs is 1. The third-order valence-electron chi connectivity index (χ3n) is 4.64. The monoisotopic (exact) mass is 442 g/mol. The second kappa shape index (κ2) is 8.38. The zero-order valence-electron chi connectivity index (χ0n) is 16.6. The van der Waals surface area contributed by atoms with Gasteiger partial charge >= 0.3 is 0 Å². The number of aryl methyl sites for hydroxylation is 1. The lowest BCUT2D eigenvalue weighted by molar-refractivity contribution is 0.0979. The van der Waals surface area contributed by atoms with Crippen LogP contribution in [0.4, 0.5) is 5.13 Å². The molecule has 0 N–H and O–H groups in total. The molecule has 8 heteroatoms. The number of rotatable bonds is 6. The van der Waals surface area contributed by atoms with Crippen LogP contribution in [0.3, 0.4) is 0 Å². The lowest BCUT2D eigenvalue weighted by Crippen LogP contribution is -2.30. The molecule has 0 atom stereocenters. The summed E-state index contributed by atoms with van der Waals surface area (Å²) < 4.78 is 17.2. The minimum Gasteiger partial charge on any atom is -0.493 e. The number of methoxy groups -OCH3 is 2. The van der Waals surface area contributed by atoms with Crippen LogP contribution in [0.5, 0.6) is 11.5 Å². The number of furan rings is 1. The summed E-state index contributed by atoms with van der Waals surface area (Å²) in [6.45, 7) is 2.17. The lowest BCUT2D eigenvalue weighted by atomic mass is 10.1. The fourth-order valence-electron chi connectivity index (χ4n) is 3.24. The van der Waals surface area contributed by atoms with Crippen molar-refractivity contribution >= 4 is 44.2 Å². The molecule has 2 aromatic heterocycles. The third-order valence-corrected chi connectivity index (χ3v) is 5.89. The Bertz CT molecular complexity index is 1200. The average Bonchev–Trinajstić information content (AvgIpc) is 3.40. The Morgan fingerprint density at radius 3 is 2.73 bits per heavy atom. The van der Waals surface area contributed by atoms with Gasteiger partial charge in [-0.1, -0.05) is 29.0 Å².